The van der Waals surface area contributed by atoms with Crippen molar-refractivity contribution in [2.45, 2.75) is 32.6 Å². The van der Waals surface area contributed by atoms with Crippen LogP contribution in [-0.4, -0.2) is 44.3 Å². The molecule has 2 aliphatic rings. The lowest BCUT2D eigenvalue weighted by atomic mass is 9.61. The van der Waals surface area contributed by atoms with Crippen molar-refractivity contribution in [3.8, 4) is 0 Å². The lowest BCUT2D eigenvalue weighted by molar-refractivity contribution is -0.0938. The molecule has 2 aromatic rings. The van der Waals surface area contributed by atoms with Gasteiger partial charge < -0.3 is 19.4 Å². The number of nitrogens with zero attached hydrogens (tertiary/aromatic N) is 1. The van der Waals surface area contributed by atoms with E-state index < -0.39 is 0 Å². The van der Waals surface area contributed by atoms with Crippen molar-refractivity contribution in [1.82, 2.24) is 10.2 Å². The van der Waals surface area contributed by atoms with E-state index in [9.17, 15) is 4.79 Å². The number of benzene rings is 1. The molecule has 0 radical (unpaired) electrons. The molecule has 5 nitrogen and oxygen atoms in total. The molecule has 2 amide bonds. The maximum Gasteiger partial charge on any atom is 0.317 e. The average Bonchev–Trinajstić information content (AvgIpc) is 2.86. The second-order valence-corrected chi connectivity index (χ2v) is 7.89. The Kier molecular flexibility index (Phi) is 4.65. The monoisotopic (exact) mass is 356 g/mol. The SMILES string of the molecule is COCC1(C2CCC2)CN(C(=O)NCCc2c(C)oc3ccccc23)C1. The third kappa shape index (κ3) is 2.98. The smallest absolute Gasteiger partial charge is 0.317 e. The van der Waals surface area contributed by atoms with Gasteiger partial charge in [0.1, 0.15) is 11.3 Å². The number of likely N-dealkylation sites (tertiary alicyclic amines) is 1. The zero-order chi connectivity index (χ0) is 18.1. The lowest BCUT2D eigenvalue weighted by Gasteiger charge is -2.56. The van der Waals surface area contributed by atoms with Gasteiger partial charge in [0.2, 0.25) is 0 Å². The van der Waals surface area contributed by atoms with Gasteiger partial charge in [0.25, 0.3) is 0 Å². The summed E-state index contributed by atoms with van der Waals surface area (Å²) in [6.07, 6.45) is 4.67. The number of nitrogens with one attached hydrogen (secondary N) is 1. The Morgan fingerprint density at radius 1 is 1.35 bits per heavy atom. The number of furan rings is 1. The van der Waals surface area contributed by atoms with Gasteiger partial charge in [-0.2, -0.15) is 0 Å². The number of fused-ring (bicyclic) bond motifs is 1. The van der Waals surface area contributed by atoms with Gasteiger partial charge in [0, 0.05) is 43.1 Å². The number of para-hydroxylation sites is 1. The molecule has 5 heteroatoms. The van der Waals surface area contributed by atoms with Crippen molar-refractivity contribution in [2.24, 2.45) is 11.3 Å². The van der Waals surface area contributed by atoms with Crippen LogP contribution in [0, 0.1) is 18.3 Å². The molecule has 1 aliphatic heterocycles. The molecule has 1 aliphatic carbocycles. The topological polar surface area (TPSA) is 54.7 Å². The van der Waals surface area contributed by atoms with E-state index in [1.54, 1.807) is 7.11 Å². The van der Waals surface area contributed by atoms with Gasteiger partial charge in [-0.3, -0.25) is 0 Å². The molecule has 2 heterocycles. The number of ether oxygens (including phenoxy) is 1. The van der Waals surface area contributed by atoms with Crippen LogP contribution in [0.15, 0.2) is 28.7 Å². The highest BCUT2D eigenvalue weighted by Crippen LogP contribution is 2.48. The van der Waals surface area contributed by atoms with E-state index in [1.807, 2.05) is 30.0 Å². The van der Waals surface area contributed by atoms with Crippen LogP contribution in [0.25, 0.3) is 11.0 Å². The number of hydrogen-bond donors (Lipinski definition) is 1. The second-order valence-electron chi connectivity index (χ2n) is 7.89. The van der Waals surface area contributed by atoms with Crippen LogP contribution in [-0.2, 0) is 11.2 Å². The van der Waals surface area contributed by atoms with Crippen molar-refractivity contribution in [1.29, 1.82) is 0 Å². The zero-order valence-electron chi connectivity index (χ0n) is 15.7. The minimum atomic E-state index is 0.0431. The van der Waals surface area contributed by atoms with Crippen molar-refractivity contribution in [3.63, 3.8) is 0 Å². The van der Waals surface area contributed by atoms with E-state index in [0.717, 1.165) is 48.8 Å². The van der Waals surface area contributed by atoms with Crippen LogP contribution in [0.4, 0.5) is 4.79 Å². The van der Waals surface area contributed by atoms with Gasteiger partial charge in [-0.1, -0.05) is 24.6 Å². The Labute approximate surface area is 154 Å². The summed E-state index contributed by atoms with van der Waals surface area (Å²) in [5.74, 6) is 1.67. The van der Waals surface area contributed by atoms with Gasteiger partial charge in [-0.15, -0.1) is 0 Å². The van der Waals surface area contributed by atoms with Gasteiger partial charge >= 0.3 is 6.03 Å². The number of rotatable bonds is 6. The maximum absolute atomic E-state index is 12.5. The Hall–Kier alpha value is -2.01. The molecule has 1 aromatic heterocycles. The van der Waals surface area contributed by atoms with Crippen LogP contribution < -0.4 is 5.32 Å². The number of amides is 2. The van der Waals surface area contributed by atoms with E-state index in [-0.39, 0.29) is 11.4 Å². The largest absolute Gasteiger partial charge is 0.461 e. The van der Waals surface area contributed by atoms with E-state index in [4.69, 9.17) is 9.15 Å². The van der Waals surface area contributed by atoms with Crippen LogP contribution >= 0.6 is 0 Å². The Balaban J connectivity index is 1.30. The molecule has 0 spiro atoms. The molecule has 0 bridgehead atoms. The summed E-state index contributed by atoms with van der Waals surface area (Å²) >= 11 is 0. The molecular formula is C21H28N2O3. The zero-order valence-corrected chi connectivity index (χ0v) is 15.7. The van der Waals surface area contributed by atoms with Crippen LogP contribution in [0.2, 0.25) is 0 Å². The molecule has 2 fully saturated rings. The minimum absolute atomic E-state index is 0.0431. The standard InChI is InChI=1S/C21H28N2O3/c1-15-17(18-8-3-4-9-19(18)26-15)10-11-22-20(24)23-12-21(13-23,14-25-2)16-6-5-7-16/h3-4,8-9,16H,5-7,10-14H2,1-2H3,(H,22,24). The normalized spacial score (nSPS) is 19.2. The summed E-state index contributed by atoms with van der Waals surface area (Å²) in [6, 6.07) is 8.11. The molecule has 1 saturated carbocycles. The van der Waals surface area contributed by atoms with E-state index in [2.05, 4.69) is 11.4 Å². The predicted octanol–water partition coefficient (Wildman–Crippen LogP) is 3.74. The number of aryl methyl sites for hydroxylation is 1. The Morgan fingerprint density at radius 2 is 2.12 bits per heavy atom. The molecule has 4 rings (SSSR count). The van der Waals surface area contributed by atoms with E-state index >= 15 is 0 Å². The van der Waals surface area contributed by atoms with Crippen molar-refractivity contribution < 1.29 is 13.9 Å². The van der Waals surface area contributed by atoms with Crippen LogP contribution in [0.3, 0.4) is 0 Å². The third-order valence-electron chi connectivity index (χ3n) is 6.25. The molecule has 0 unspecified atom stereocenters. The minimum Gasteiger partial charge on any atom is -0.461 e. The molecule has 140 valence electrons. The molecular weight excluding hydrogens is 328 g/mol. The summed E-state index contributed by atoms with van der Waals surface area (Å²) in [5.41, 5.74) is 2.30. The number of carbonyl (C=O) groups excluding carboxylic acids is 1. The first-order valence-electron chi connectivity index (χ1n) is 9.62. The second kappa shape index (κ2) is 6.95. The molecule has 26 heavy (non-hydrogen) atoms. The van der Waals surface area contributed by atoms with Crippen molar-refractivity contribution in [2.75, 3.05) is 33.4 Å². The molecule has 1 aromatic carbocycles. The molecule has 0 atom stereocenters. The first kappa shape index (κ1) is 17.4. The predicted molar refractivity (Wildman–Crippen MR) is 101 cm³/mol. The number of carbonyl (C=O) groups is 1. The summed E-state index contributed by atoms with van der Waals surface area (Å²) in [6.45, 7) is 5.03. The summed E-state index contributed by atoms with van der Waals surface area (Å²) in [7, 11) is 1.76. The third-order valence-corrected chi connectivity index (χ3v) is 6.25. The first-order valence-corrected chi connectivity index (χ1v) is 9.62. The highest BCUT2D eigenvalue weighted by Gasteiger charge is 2.51. The fourth-order valence-corrected chi connectivity index (χ4v) is 4.57. The Bertz CT molecular complexity index is 788. The fraction of sp³-hybridized carbons (Fsp3) is 0.571. The van der Waals surface area contributed by atoms with Crippen molar-refractivity contribution >= 4 is 17.0 Å². The van der Waals surface area contributed by atoms with Crippen LogP contribution in [0.5, 0.6) is 0 Å². The van der Waals surface area contributed by atoms with Gasteiger partial charge in [-0.05, 0) is 38.2 Å². The summed E-state index contributed by atoms with van der Waals surface area (Å²) in [4.78, 5) is 14.4. The highest BCUT2D eigenvalue weighted by molar-refractivity contribution is 5.82. The number of methoxy groups -OCH3 is 1. The number of urea groups is 1. The highest BCUT2D eigenvalue weighted by atomic mass is 16.5. The Morgan fingerprint density at radius 3 is 2.81 bits per heavy atom. The van der Waals surface area contributed by atoms with Crippen molar-refractivity contribution in [3.05, 3.63) is 35.6 Å². The quantitative estimate of drug-likeness (QED) is 0.858. The van der Waals surface area contributed by atoms with E-state index in [1.165, 1.54) is 24.8 Å². The summed E-state index contributed by atoms with van der Waals surface area (Å²) in [5, 5.41) is 4.22. The lowest BCUT2D eigenvalue weighted by Crippen LogP contribution is -2.66. The fourth-order valence-electron chi connectivity index (χ4n) is 4.57. The van der Waals surface area contributed by atoms with Gasteiger partial charge in [0.15, 0.2) is 0 Å². The maximum atomic E-state index is 12.5. The first-order chi connectivity index (χ1) is 12.6. The molecule has 1 saturated heterocycles. The van der Waals surface area contributed by atoms with Gasteiger partial charge in [-0.25, -0.2) is 4.79 Å². The van der Waals surface area contributed by atoms with Gasteiger partial charge in [0.05, 0.1) is 6.61 Å². The number of hydrogen-bond acceptors (Lipinski definition) is 3. The van der Waals surface area contributed by atoms with Crippen LogP contribution in [0.1, 0.15) is 30.6 Å². The van der Waals surface area contributed by atoms with E-state index in [0.29, 0.717) is 6.54 Å². The average molecular weight is 356 g/mol. The molecule has 1 N–H and O–H groups in total. The summed E-state index contributed by atoms with van der Waals surface area (Å²) < 4.78 is 11.2.